The number of halogens is 1. The number of rotatable bonds is 3. The fourth-order valence-electron chi connectivity index (χ4n) is 2.24. The summed E-state index contributed by atoms with van der Waals surface area (Å²) in [6, 6.07) is 17.4. The Bertz CT molecular complexity index is 527. The van der Waals surface area contributed by atoms with Gasteiger partial charge in [0.15, 0.2) is 0 Å². The van der Waals surface area contributed by atoms with E-state index in [4.69, 9.17) is 0 Å². The van der Waals surface area contributed by atoms with E-state index in [0.717, 1.165) is 11.0 Å². The van der Waals surface area contributed by atoms with Gasteiger partial charge in [0.05, 0.1) is 21.1 Å². The summed E-state index contributed by atoms with van der Waals surface area (Å²) in [6.07, 6.45) is 0. The molecule has 2 aromatic carbocycles. The van der Waals surface area contributed by atoms with Crippen molar-refractivity contribution in [2.75, 3.05) is 21.1 Å². The maximum absolute atomic E-state index is 2.33. The fourth-order valence-corrected chi connectivity index (χ4v) is 2.24. The Morgan fingerprint density at radius 1 is 0.895 bits per heavy atom. The SMILES string of the molecule is Cc1ccc(C[N+](C)(C)C)cc1-c1ccccc1.[Cl-]. The minimum atomic E-state index is 0. The van der Waals surface area contributed by atoms with E-state index in [1.807, 2.05) is 0 Å². The highest BCUT2D eigenvalue weighted by molar-refractivity contribution is 5.67. The molecule has 0 aliphatic heterocycles. The van der Waals surface area contributed by atoms with E-state index in [9.17, 15) is 0 Å². The minimum Gasteiger partial charge on any atom is -1.00 e. The number of nitrogens with zero attached hydrogens (tertiary/aromatic N) is 1. The van der Waals surface area contributed by atoms with E-state index in [0.29, 0.717) is 0 Å². The lowest BCUT2D eigenvalue weighted by atomic mass is 9.98. The second kappa shape index (κ2) is 6.23. The lowest BCUT2D eigenvalue weighted by Gasteiger charge is -2.24. The smallest absolute Gasteiger partial charge is 0.104 e. The number of hydrogen-bond acceptors (Lipinski definition) is 0. The second-order valence-electron chi connectivity index (χ2n) is 5.96. The predicted molar refractivity (Wildman–Crippen MR) is 78.4 cm³/mol. The Hall–Kier alpha value is -1.31. The molecule has 0 bridgehead atoms. The molecule has 0 aliphatic carbocycles. The van der Waals surface area contributed by atoms with Crippen LogP contribution in [0.15, 0.2) is 48.5 Å². The lowest BCUT2D eigenvalue weighted by Crippen LogP contribution is -3.00. The summed E-state index contributed by atoms with van der Waals surface area (Å²) in [5.41, 5.74) is 5.39. The summed E-state index contributed by atoms with van der Waals surface area (Å²) >= 11 is 0. The highest BCUT2D eigenvalue weighted by Crippen LogP contribution is 2.25. The molecule has 0 atom stereocenters. The van der Waals surface area contributed by atoms with E-state index in [2.05, 4.69) is 76.6 Å². The van der Waals surface area contributed by atoms with Gasteiger partial charge < -0.3 is 16.9 Å². The van der Waals surface area contributed by atoms with Crippen molar-refractivity contribution in [2.24, 2.45) is 0 Å². The highest BCUT2D eigenvalue weighted by Gasteiger charge is 2.10. The predicted octanol–water partition coefficient (Wildman–Crippen LogP) is 0.872. The zero-order valence-electron chi connectivity index (χ0n) is 12.2. The first-order chi connectivity index (χ1) is 8.46. The molecule has 0 aromatic heterocycles. The Labute approximate surface area is 122 Å². The van der Waals surface area contributed by atoms with E-state index in [-0.39, 0.29) is 12.4 Å². The molecule has 0 saturated heterocycles. The van der Waals surface area contributed by atoms with E-state index >= 15 is 0 Å². The van der Waals surface area contributed by atoms with Crippen molar-refractivity contribution in [2.45, 2.75) is 13.5 Å². The molecular formula is C17H22ClN. The van der Waals surface area contributed by atoms with Crippen molar-refractivity contribution in [1.29, 1.82) is 0 Å². The van der Waals surface area contributed by atoms with Crippen LogP contribution in [0, 0.1) is 6.92 Å². The van der Waals surface area contributed by atoms with Crippen molar-refractivity contribution in [1.82, 2.24) is 0 Å². The maximum Gasteiger partial charge on any atom is 0.104 e. The Balaban J connectivity index is 0.00000180. The average Bonchev–Trinajstić information content (AvgIpc) is 2.31. The van der Waals surface area contributed by atoms with Gasteiger partial charge in [-0.05, 0) is 29.7 Å². The average molecular weight is 276 g/mol. The summed E-state index contributed by atoms with van der Waals surface area (Å²) in [5.74, 6) is 0. The zero-order chi connectivity index (χ0) is 13.2. The molecule has 0 radical (unpaired) electrons. The molecule has 2 rings (SSSR count). The van der Waals surface area contributed by atoms with Crippen LogP contribution < -0.4 is 12.4 Å². The Morgan fingerprint density at radius 2 is 1.53 bits per heavy atom. The van der Waals surface area contributed by atoms with Crippen LogP contribution in [0.2, 0.25) is 0 Å². The van der Waals surface area contributed by atoms with E-state index in [1.54, 1.807) is 0 Å². The third-order valence-corrected chi connectivity index (χ3v) is 3.04. The van der Waals surface area contributed by atoms with Crippen LogP contribution >= 0.6 is 0 Å². The molecule has 0 amide bonds. The van der Waals surface area contributed by atoms with Crippen LogP contribution in [0.5, 0.6) is 0 Å². The molecule has 0 spiro atoms. The number of quaternary nitrogens is 1. The van der Waals surface area contributed by atoms with Crippen molar-refractivity contribution in [3.05, 3.63) is 59.7 Å². The molecule has 0 fully saturated rings. The van der Waals surface area contributed by atoms with Crippen LogP contribution in [-0.2, 0) is 6.54 Å². The minimum absolute atomic E-state index is 0. The van der Waals surface area contributed by atoms with E-state index < -0.39 is 0 Å². The monoisotopic (exact) mass is 275 g/mol. The van der Waals surface area contributed by atoms with Crippen LogP contribution in [0.4, 0.5) is 0 Å². The molecule has 2 heteroatoms. The summed E-state index contributed by atoms with van der Waals surface area (Å²) < 4.78 is 0.956. The highest BCUT2D eigenvalue weighted by atomic mass is 35.5. The molecule has 2 aromatic rings. The lowest BCUT2D eigenvalue weighted by molar-refractivity contribution is -0.884. The van der Waals surface area contributed by atoms with E-state index in [1.165, 1.54) is 22.3 Å². The van der Waals surface area contributed by atoms with Gasteiger partial charge in [-0.25, -0.2) is 0 Å². The van der Waals surface area contributed by atoms with Gasteiger partial charge in [-0.1, -0.05) is 42.5 Å². The largest absolute Gasteiger partial charge is 1.00 e. The first kappa shape index (κ1) is 15.7. The van der Waals surface area contributed by atoms with Gasteiger partial charge in [0.1, 0.15) is 6.54 Å². The third kappa shape index (κ3) is 4.38. The fraction of sp³-hybridized carbons (Fsp3) is 0.294. The Kier molecular flexibility index (Phi) is 5.16. The second-order valence-corrected chi connectivity index (χ2v) is 5.96. The summed E-state index contributed by atoms with van der Waals surface area (Å²) in [5, 5.41) is 0. The van der Waals surface area contributed by atoms with Gasteiger partial charge in [-0.2, -0.15) is 0 Å². The third-order valence-electron chi connectivity index (χ3n) is 3.04. The molecule has 102 valence electrons. The number of benzene rings is 2. The van der Waals surface area contributed by atoms with Crippen LogP contribution in [-0.4, -0.2) is 25.6 Å². The van der Waals surface area contributed by atoms with Gasteiger partial charge >= 0.3 is 0 Å². The normalized spacial score (nSPS) is 10.9. The van der Waals surface area contributed by atoms with Gasteiger partial charge in [0, 0.05) is 5.56 Å². The standard InChI is InChI=1S/C17H22N.ClH/c1-14-10-11-15(13-18(2,3)4)12-17(14)16-8-6-5-7-9-16;/h5-12H,13H2,1-4H3;1H/q+1;/p-1. The van der Waals surface area contributed by atoms with Gasteiger partial charge in [0.25, 0.3) is 0 Å². The van der Waals surface area contributed by atoms with Crippen LogP contribution in [0.3, 0.4) is 0 Å². The molecular weight excluding hydrogens is 254 g/mol. The molecule has 0 N–H and O–H groups in total. The van der Waals surface area contributed by atoms with Crippen molar-refractivity contribution in [3.63, 3.8) is 0 Å². The van der Waals surface area contributed by atoms with Gasteiger partial charge in [0.2, 0.25) is 0 Å². The Morgan fingerprint density at radius 3 is 2.11 bits per heavy atom. The van der Waals surface area contributed by atoms with Crippen LogP contribution in [0.25, 0.3) is 11.1 Å². The van der Waals surface area contributed by atoms with Crippen molar-refractivity contribution >= 4 is 0 Å². The van der Waals surface area contributed by atoms with Crippen LogP contribution in [0.1, 0.15) is 11.1 Å². The molecule has 0 heterocycles. The topological polar surface area (TPSA) is 0 Å². The molecule has 19 heavy (non-hydrogen) atoms. The maximum atomic E-state index is 2.33. The first-order valence-electron chi connectivity index (χ1n) is 6.41. The quantitative estimate of drug-likeness (QED) is 0.730. The number of aryl methyl sites for hydroxylation is 1. The molecule has 0 unspecified atom stereocenters. The molecule has 1 nitrogen and oxygen atoms in total. The summed E-state index contributed by atoms with van der Waals surface area (Å²) in [4.78, 5) is 0. The molecule has 0 aliphatic rings. The van der Waals surface area contributed by atoms with Gasteiger partial charge in [-0.3, -0.25) is 0 Å². The summed E-state index contributed by atoms with van der Waals surface area (Å²) in [7, 11) is 6.67. The van der Waals surface area contributed by atoms with Crippen molar-refractivity contribution in [3.8, 4) is 11.1 Å². The van der Waals surface area contributed by atoms with Gasteiger partial charge in [-0.15, -0.1) is 0 Å². The summed E-state index contributed by atoms with van der Waals surface area (Å²) in [6.45, 7) is 3.23. The molecule has 0 saturated carbocycles. The van der Waals surface area contributed by atoms with Crippen molar-refractivity contribution < 1.29 is 16.9 Å². The zero-order valence-corrected chi connectivity index (χ0v) is 12.9. The number of hydrogen-bond donors (Lipinski definition) is 0. The first-order valence-corrected chi connectivity index (χ1v) is 6.41.